The van der Waals surface area contributed by atoms with Crippen molar-refractivity contribution in [2.24, 2.45) is 5.92 Å². The summed E-state index contributed by atoms with van der Waals surface area (Å²) in [6.45, 7) is 15.7. The second-order valence-corrected chi connectivity index (χ2v) is 7.56. The number of rotatable bonds is 6. The average Bonchev–Trinajstić information content (AvgIpc) is 2.63. The molecule has 0 saturated carbocycles. The lowest BCUT2D eigenvalue weighted by molar-refractivity contribution is -0.139. The standard InChI is InChI=1S/C19H36N4O2/c1-5-21(6-2)18(24)15-20-11-13-22(14-12-20)17(4)19(25)23-9-7-16(3)8-10-23/h16-17H,5-15H2,1-4H3. The topological polar surface area (TPSA) is 47.1 Å². The lowest BCUT2D eigenvalue weighted by atomic mass is 9.98. The van der Waals surface area contributed by atoms with Gasteiger partial charge in [0, 0.05) is 52.4 Å². The van der Waals surface area contributed by atoms with Crippen molar-refractivity contribution < 1.29 is 9.59 Å². The van der Waals surface area contributed by atoms with Gasteiger partial charge in [-0.15, -0.1) is 0 Å². The van der Waals surface area contributed by atoms with Crippen LogP contribution in [0.4, 0.5) is 0 Å². The number of carbonyl (C=O) groups is 2. The molecule has 2 saturated heterocycles. The molecule has 0 spiro atoms. The van der Waals surface area contributed by atoms with Crippen molar-refractivity contribution in [1.82, 2.24) is 19.6 Å². The van der Waals surface area contributed by atoms with Crippen molar-refractivity contribution in [1.29, 1.82) is 0 Å². The number of piperidine rings is 1. The van der Waals surface area contributed by atoms with E-state index < -0.39 is 0 Å². The van der Waals surface area contributed by atoms with E-state index in [9.17, 15) is 9.59 Å². The highest BCUT2D eigenvalue weighted by atomic mass is 16.2. The van der Waals surface area contributed by atoms with E-state index in [1.165, 1.54) is 0 Å². The number of nitrogens with zero attached hydrogens (tertiary/aromatic N) is 4. The zero-order valence-electron chi connectivity index (χ0n) is 16.5. The average molecular weight is 353 g/mol. The number of carbonyl (C=O) groups excluding carboxylic acids is 2. The van der Waals surface area contributed by atoms with Gasteiger partial charge in [0.25, 0.3) is 0 Å². The molecule has 0 bridgehead atoms. The summed E-state index contributed by atoms with van der Waals surface area (Å²) in [7, 11) is 0. The van der Waals surface area contributed by atoms with Gasteiger partial charge >= 0.3 is 0 Å². The molecule has 0 aromatic carbocycles. The molecule has 144 valence electrons. The van der Waals surface area contributed by atoms with Crippen molar-refractivity contribution in [2.75, 3.05) is 58.9 Å². The molecule has 1 atom stereocenters. The molecule has 0 aromatic heterocycles. The summed E-state index contributed by atoms with van der Waals surface area (Å²) in [5, 5.41) is 0. The summed E-state index contributed by atoms with van der Waals surface area (Å²) in [5.41, 5.74) is 0. The Morgan fingerprint density at radius 1 is 1.00 bits per heavy atom. The molecule has 2 fully saturated rings. The SMILES string of the molecule is CCN(CC)C(=O)CN1CCN(C(C)C(=O)N2CCC(C)CC2)CC1. The summed E-state index contributed by atoms with van der Waals surface area (Å²) >= 11 is 0. The van der Waals surface area contributed by atoms with Gasteiger partial charge in [-0.1, -0.05) is 6.92 Å². The fourth-order valence-corrected chi connectivity index (χ4v) is 3.83. The highest BCUT2D eigenvalue weighted by Crippen LogP contribution is 2.18. The fraction of sp³-hybridized carbons (Fsp3) is 0.895. The lowest BCUT2D eigenvalue weighted by Crippen LogP contribution is -2.56. The van der Waals surface area contributed by atoms with Crippen molar-refractivity contribution in [3.63, 3.8) is 0 Å². The largest absolute Gasteiger partial charge is 0.342 e. The third-order valence-electron chi connectivity index (χ3n) is 5.88. The normalized spacial score (nSPS) is 22.0. The highest BCUT2D eigenvalue weighted by Gasteiger charge is 2.30. The monoisotopic (exact) mass is 352 g/mol. The minimum atomic E-state index is -0.0472. The molecule has 25 heavy (non-hydrogen) atoms. The number of hydrogen-bond donors (Lipinski definition) is 0. The Labute approximate surface area is 153 Å². The summed E-state index contributed by atoms with van der Waals surface area (Å²) < 4.78 is 0. The van der Waals surface area contributed by atoms with Gasteiger partial charge in [-0.25, -0.2) is 0 Å². The van der Waals surface area contributed by atoms with E-state index in [0.717, 1.165) is 71.1 Å². The van der Waals surface area contributed by atoms with Crippen molar-refractivity contribution >= 4 is 11.8 Å². The molecule has 2 aliphatic heterocycles. The van der Waals surface area contributed by atoms with E-state index in [4.69, 9.17) is 0 Å². The molecule has 2 amide bonds. The van der Waals surface area contributed by atoms with Gasteiger partial charge in [0.2, 0.25) is 11.8 Å². The third kappa shape index (κ3) is 5.42. The van der Waals surface area contributed by atoms with Crippen LogP contribution in [0.25, 0.3) is 0 Å². The van der Waals surface area contributed by atoms with Crippen LogP contribution < -0.4 is 0 Å². The Morgan fingerprint density at radius 2 is 1.56 bits per heavy atom. The van der Waals surface area contributed by atoms with E-state index in [2.05, 4.69) is 16.7 Å². The molecular weight excluding hydrogens is 316 g/mol. The van der Waals surface area contributed by atoms with Gasteiger partial charge < -0.3 is 9.80 Å². The molecule has 2 rings (SSSR count). The first-order valence-electron chi connectivity index (χ1n) is 9.99. The number of hydrogen-bond acceptors (Lipinski definition) is 4. The third-order valence-corrected chi connectivity index (χ3v) is 5.88. The molecular formula is C19H36N4O2. The Balaban J connectivity index is 1.77. The van der Waals surface area contributed by atoms with Gasteiger partial charge in [0.05, 0.1) is 12.6 Å². The number of likely N-dealkylation sites (N-methyl/N-ethyl adjacent to an activating group) is 1. The molecule has 0 radical (unpaired) electrons. The van der Waals surface area contributed by atoms with Crippen LogP contribution in [0.1, 0.15) is 40.5 Å². The van der Waals surface area contributed by atoms with Crippen LogP contribution in [0, 0.1) is 5.92 Å². The van der Waals surface area contributed by atoms with Crippen molar-refractivity contribution in [3.05, 3.63) is 0 Å². The molecule has 1 unspecified atom stereocenters. The minimum Gasteiger partial charge on any atom is -0.342 e. The van der Waals surface area contributed by atoms with Crippen molar-refractivity contribution in [3.8, 4) is 0 Å². The van der Waals surface area contributed by atoms with Crippen LogP contribution in [-0.4, -0.2) is 96.4 Å². The maximum atomic E-state index is 12.7. The van der Waals surface area contributed by atoms with E-state index >= 15 is 0 Å². The predicted molar refractivity (Wildman–Crippen MR) is 100 cm³/mol. The van der Waals surface area contributed by atoms with Crippen LogP contribution >= 0.6 is 0 Å². The summed E-state index contributed by atoms with van der Waals surface area (Å²) in [6.07, 6.45) is 2.25. The summed E-state index contributed by atoms with van der Waals surface area (Å²) in [5.74, 6) is 1.23. The number of amides is 2. The molecule has 0 aromatic rings. The maximum Gasteiger partial charge on any atom is 0.239 e. The zero-order chi connectivity index (χ0) is 18.4. The quantitative estimate of drug-likeness (QED) is 0.719. The van der Waals surface area contributed by atoms with Gasteiger partial charge in [-0.3, -0.25) is 19.4 Å². The van der Waals surface area contributed by atoms with Crippen LogP contribution in [-0.2, 0) is 9.59 Å². The molecule has 6 heteroatoms. The molecule has 0 aliphatic carbocycles. The Morgan fingerprint density at radius 3 is 2.08 bits per heavy atom. The number of likely N-dealkylation sites (tertiary alicyclic amines) is 1. The Hall–Kier alpha value is -1.14. The zero-order valence-corrected chi connectivity index (χ0v) is 16.5. The Bertz CT molecular complexity index is 437. The molecule has 0 N–H and O–H groups in total. The van der Waals surface area contributed by atoms with Crippen LogP contribution in [0.3, 0.4) is 0 Å². The molecule has 2 heterocycles. The first-order valence-corrected chi connectivity index (χ1v) is 9.99. The first kappa shape index (κ1) is 20.2. The smallest absolute Gasteiger partial charge is 0.239 e. The van der Waals surface area contributed by atoms with E-state index in [1.54, 1.807) is 0 Å². The highest BCUT2D eigenvalue weighted by molar-refractivity contribution is 5.81. The summed E-state index contributed by atoms with van der Waals surface area (Å²) in [4.78, 5) is 33.4. The molecule has 6 nitrogen and oxygen atoms in total. The predicted octanol–water partition coefficient (Wildman–Crippen LogP) is 1.12. The fourth-order valence-electron chi connectivity index (χ4n) is 3.83. The number of piperazine rings is 1. The lowest BCUT2D eigenvalue weighted by Gasteiger charge is -2.40. The van der Waals surface area contributed by atoms with Crippen LogP contribution in [0.2, 0.25) is 0 Å². The molecule has 2 aliphatic rings. The van der Waals surface area contributed by atoms with Gasteiger partial charge in [-0.05, 0) is 39.5 Å². The minimum absolute atomic E-state index is 0.0472. The first-order chi connectivity index (χ1) is 12.0. The maximum absolute atomic E-state index is 12.7. The van der Waals surface area contributed by atoms with Gasteiger partial charge in [0.15, 0.2) is 0 Å². The van der Waals surface area contributed by atoms with Crippen LogP contribution in [0.5, 0.6) is 0 Å². The summed E-state index contributed by atoms with van der Waals surface area (Å²) in [6, 6.07) is -0.0472. The van der Waals surface area contributed by atoms with Gasteiger partial charge in [-0.2, -0.15) is 0 Å². The van der Waals surface area contributed by atoms with E-state index in [0.29, 0.717) is 6.54 Å². The second-order valence-electron chi connectivity index (χ2n) is 7.56. The van der Waals surface area contributed by atoms with Gasteiger partial charge in [0.1, 0.15) is 0 Å². The van der Waals surface area contributed by atoms with Crippen molar-refractivity contribution in [2.45, 2.75) is 46.6 Å². The van der Waals surface area contributed by atoms with E-state index in [1.807, 2.05) is 30.6 Å². The second kappa shape index (κ2) is 9.53. The Kier molecular flexibility index (Phi) is 7.69. The van der Waals surface area contributed by atoms with E-state index in [-0.39, 0.29) is 17.9 Å². The van der Waals surface area contributed by atoms with Crippen LogP contribution in [0.15, 0.2) is 0 Å².